The Morgan fingerprint density at radius 3 is 2.79 bits per heavy atom. The fourth-order valence-corrected chi connectivity index (χ4v) is 3.55. The summed E-state index contributed by atoms with van der Waals surface area (Å²) in [6.45, 7) is 4.38. The first-order valence-electron chi connectivity index (χ1n) is 8.80. The van der Waals surface area contributed by atoms with Gasteiger partial charge < -0.3 is 14.6 Å². The number of aromatic nitrogens is 3. The Labute approximate surface area is 173 Å². The zero-order valence-corrected chi connectivity index (χ0v) is 17.5. The van der Waals surface area contributed by atoms with Crippen LogP contribution in [0, 0.1) is 6.92 Å². The van der Waals surface area contributed by atoms with Gasteiger partial charge in [0.05, 0.1) is 17.9 Å². The number of carbonyl (C=O) groups is 1. The van der Waals surface area contributed by atoms with Crippen molar-refractivity contribution in [1.29, 1.82) is 0 Å². The van der Waals surface area contributed by atoms with Crippen LogP contribution in [0.1, 0.15) is 12.5 Å². The van der Waals surface area contributed by atoms with E-state index in [-0.39, 0.29) is 11.7 Å². The number of rotatable bonds is 7. The van der Waals surface area contributed by atoms with Crippen molar-refractivity contribution < 1.29 is 9.53 Å². The topological polar surface area (TPSA) is 69.0 Å². The first-order chi connectivity index (χ1) is 13.5. The van der Waals surface area contributed by atoms with Gasteiger partial charge in [0.1, 0.15) is 5.75 Å². The lowest BCUT2D eigenvalue weighted by molar-refractivity contribution is -0.113. The molecule has 2 aromatic carbocycles. The van der Waals surface area contributed by atoms with Crippen molar-refractivity contribution in [2.24, 2.45) is 7.05 Å². The van der Waals surface area contributed by atoms with Gasteiger partial charge in [-0.25, -0.2) is 0 Å². The normalized spacial score (nSPS) is 10.7. The summed E-state index contributed by atoms with van der Waals surface area (Å²) < 4.78 is 7.54. The predicted molar refractivity (Wildman–Crippen MR) is 113 cm³/mol. The van der Waals surface area contributed by atoms with Crippen molar-refractivity contribution in [2.45, 2.75) is 19.0 Å². The Hall–Kier alpha value is -2.51. The van der Waals surface area contributed by atoms with E-state index < -0.39 is 0 Å². The van der Waals surface area contributed by atoms with Gasteiger partial charge >= 0.3 is 0 Å². The minimum atomic E-state index is -0.130. The SMILES string of the molecule is CCOc1ccccc1-c1nnc(SCC(=O)Nc2cccc(Cl)c2C)n1C. The average molecular weight is 417 g/mol. The summed E-state index contributed by atoms with van der Waals surface area (Å²) in [6, 6.07) is 13.1. The van der Waals surface area contributed by atoms with Crippen LogP contribution in [-0.2, 0) is 11.8 Å². The second-order valence-corrected chi connectivity index (χ2v) is 7.39. The maximum atomic E-state index is 12.3. The number of anilines is 1. The number of benzene rings is 2. The summed E-state index contributed by atoms with van der Waals surface area (Å²) in [5.41, 5.74) is 2.42. The van der Waals surface area contributed by atoms with Crippen molar-refractivity contribution in [3.8, 4) is 17.1 Å². The molecule has 0 fully saturated rings. The molecule has 28 heavy (non-hydrogen) atoms. The van der Waals surface area contributed by atoms with Crippen LogP contribution in [0.4, 0.5) is 5.69 Å². The van der Waals surface area contributed by atoms with E-state index in [4.69, 9.17) is 16.3 Å². The van der Waals surface area contributed by atoms with Crippen LogP contribution in [0.2, 0.25) is 5.02 Å². The molecule has 1 heterocycles. The molecule has 1 N–H and O–H groups in total. The number of nitrogens with zero attached hydrogens (tertiary/aromatic N) is 3. The number of nitrogens with one attached hydrogen (secondary N) is 1. The molecule has 0 radical (unpaired) electrons. The van der Waals surface area contributed by atoms with Crippen LogP contribution in [0.25, 0.3) is 11.4 Å². The molecule has 6 nitrogen and oxygen atoms in total. The molecule has 0 bridgehead atoms. The molecule has 0 spiro atoms. The number of carbonyl (C=O) groups excluding carboxylic acids is 1. The van der Waals surface area contributed by atoms with Crippen molar-refractivity contribution in [3.63, 3.8) is 0 Å². The van der Waals surface area contributed by atoms with E-state index in [2.05, 4.69) is 15.5 Å². The zero-order chi connectivity index (χ0) is 20.1. The summed E-state index contributed by atoms with van der Waals surface area (Å²) >= 11 is 7.42. The summed E-state index contributed by atoms with van der Waals surface area (Å²) in [5.74, 6) is 1.53. The van der Waals surface area contributed by atoms with Crippen LogP contribution >= 0.6 is 23.4 Å². The van der Waals surface area contributed by atoms with E-state index in [1.807, 2.05) is 61.9 Å². The van der Waals surface area contributed by atoms with Gasteiger partial charge in [-0.05, 0) is 43.7 Å². The second-order valence-electron chi connectivity index (χ2n) is 6.04. The Balaban J connectivity index is 1.70. The van der Waals surface area contributed by atoms with E-state index in [1.54, 1.807) is 6.07 Å². The van der Waals surface area contributed by atoms with Gasteiger partial charge in [-0.2, -0.15) is 0 Å². The van der Waals surface area contributed by atoms with Crippen LogP contribution in [0.5, 0.6) is 5.75 Å². The molecule has 0 aliphatic heterocycles. The van der Waals surface area contributed by atoms with Gasteiger partial charge in [-0.15, -0.1) is 10.2 Å². The zero-order valence-electron chi connectivity index (χ0n) is 15.9. The minimum Gasteiger partial charge on any atom is -0.493 e. The van der Waals surface area contributed by atoms with E-state index in [9.17, 15) is 4.79 Å². The molecule has 3 aromatic rings. The number of amides is 1. The molecule has 8 heteroatoms. The predicted octanol–water partition coefficient (Wildman–Crippen LogP) is 4.57. The summed E-state index contributed by atoms with van der Waals surface area (Å²) in [5, 5.41) is 12.7. The molecule has 0 unspecified atom stereocenters. The maximum Gasteiger partial charge on any atom is 0.234 e. The smallest absolute Gasteiger partial charge is 0.234 e. The molecule has 3 rings (SSSR count). The van der Waals surface area contributed by atoms with Crippen LogP contribution in [0.15, 0.2) is 47.6 Å². The Morgan fingerprint density at radius 1 is 1.21 bits per heavy atom. The monoisotopic (exact) mass is 416 g/mol. The van der Waals surface area contributed by atoms with Crippen molar-refractivity contribution in [1.82, 2.24) is 14.8 Å². The van der Waals surface area contributed by atoms with Crippen molar-refractivity contribution in [3.05, 3.63) is 53.1 Å². The lowest BCUT2D eigenvalue weighted by Gasteiger charge is -2.10. The Kier molecular flexibility index (Phi) is 6.59. The molecular formula is C20H21ClN4O2S. The highest BCUT2D eigenvalue weighted by Crippen LogP contribution is 2.30. The molecule has 0 atom stereocenters. The third-order valence-corrected chi connectivity index (χ3v) is 5.57. The van der Waals surface area contributed by atoms with E-state index in [0.29, 0.717) is 28.3 Å². The number of thioether (sulfide) groups is 1. The molecule has 1 amide bonds. The third-order valence-electron chi connectivity index (χ3n) is 4.14. The number of halogens is 1. The van der Waals surface area contributed by atoms with Gasteiger partial charge in [0.15, 0.2) is 11.0 Å². The summed E-state index contributed by atoms with van der Waals surface area (Å²) in [6.07, 6.45) is 0. The van der Waals surface area contributed by atoms with Gasteiger partial charge in [0, 0.05) is 17.8 Å². The lowest BCUT2D eigenvalue weighted by atomic mass is 10.2. The Morgan fingerprint density at radius 2 is 2.00 bits per heavy atom. The molecule has 0 aliphatic rings. The molecule has 146 valence electrons. The first-order valence-corrected chi connectivity index (χ1v) is 10.2. The molecule has 0 aliphatic carbocycles. The molecule has 1 aromatic heterocycles. The Bertz CT molecular complexity index is 990. The second kappa shape index (κ2) is 9.12. The number of hydrogen-bond acceptors (Lipinski definition) is 5. The first kappa shape index (κ1) is 20.2. The highest BCUT2D eigenvalue weighted by Gasteiger charge is 2.16. The molecular weight excluding hydrogens is 396 g/mol. The van der Waals surface area contributed by atoms with E-state index in [0.717, 1.165) is 16.9 Å². The van der Waals surface area contributed by atoms with Gasteiger partial charge in [-0.3, -0.25) is 4.79 Å². The fourth-order valence-electron chi connectivity index (χ4n) is 2.67. The van der Waals surface area contributed by atoms with Gasteiger partial charge in [0.2, 0.25) is 5.91 Å². The third kappa shape index (κ3) is 4.48. The fraction of sp³-hybridized carbons (Fsp3) is 0.250. The van der Waals surface area contributed by atoms with Gasteiger partial charge in [-0.1, -0.05) is 41.6 Å². The van der Waals surface area contributed by atoms with Crippen molar-refractivity contribution in [2.75, 3.05) is 17.7 Å². The molecule has 0 saturated heterocycles. The highest BCUT2D eigenvalue weighted by molar-refractivity contribution is 7.99. The number of para-hydroxylation sites is 1. The van der Waals surface area contributed by atoms with Crippen LogP contribution in [0.3, 0.4) is 0 Å². The van der Waals surface area contributed by atoms with Crippen LogP contribution in [-0.4, -0.2) is 33.0 Å². The van der Waals surface area contributed by atoms with E-state index >= 15 is 0 Å². The standard InChI is InChI=1S/C20H21ClN4O2S/c1-4-27-17-11-6-5-8-14(17)19-23-24-20(25(19)3)28-12-18(26)22-16-10-7-9-15(21)13(16)2/h5-11H,4,12H2,1-3H3,(H,22,26). The van der Waals surface area contributed by atoms with Crippen molar-refractivity contribution >= 4 is 35.0 Å². The highest BCUT2D eigenvalue weighted by atomic mass is 35.5. The summed E-state index contributed by atoms with van der Waals surface area (Å²) in [7, 11) is 1.87. The largest absolute Gasteiger partial charge is 0.493 e. The van der Waals surface area contributed by atoms with Gasteiger partial charge in [0.25, 0.3) is 0 Å². The van der Waals surface area contributed by atoms with E-state index in [1.165, 1.54) is 11.8 Å². The maximum absolute atomic E-state index is 12.3. The quantitative estimate of drug-likeness (QED) is 0.571. The lowest BCUT2D eigenvalue weighted by Crippen LogP contribution is -2.15. The number of ether oxygens (including phenoxy) is 1. The van der Waals surface area contributed by atoms with Crippen LogP contribution < -0.4 is 10.1 Å². The molecule has 0 saturated carbocycles. The summed E-state index contributed by atoms with van der Waals surface area (Å²) in [4.78, 5) is 12.3. The minimum absolute atomic E-state index is 0.130. The average Bonchev–Trinajstić information content (AvgIpc) is 3.05. The number of hydrogen-bond donors (Lipinski definition) is 1.